The Balaban J connectivity index is 2.00. The number of hydrogen-bond acceptors (Lipinski definition) is 6. The van der Waals surface area contributed by atoms with Crippen molar-refractivity contribution < 1.29 is 19.0 Å². The van der Waals surface area contributed by atoms with E-state index in [1.165, 1.54) is 16.2 Å². The third-order valence-corrected chi connectivity index (χ3v) is 6.51. The van der Waals surface area contributed by atoms with Crippen LogP contribution in [0.5, 0.6) is 11.5 Å². The third kappa shape index (κ3) is 5.06. The lowest BCUT2D eigenvalue weighted by Crippen LogP contribution is -2.20. The van der Waals surface area contributed by atoms with E-state index in [4.69, 9.17) is 14.2 Å². The summed E-state index contributed by atoms with van der Waals surface area (Å²) >= 11 is 3.19. The molecule has 6 nitrogen and oxygen atoms in total. The standard InChI is InChI=1S/C22H26N2O4S2/c1-5-29-16-8-6-15(7-9-16)14-19(25)23-22-24(12-13-26-2)20-17(27-3)10-11-18(28-4)21(20)30-22/h6-11H,5,12-14H2,1-4H3. The molecule has 0 radical (unpaired) electrons. The summed E-state index contributed by atoms with van der Waals surface area (Å²) in [5, 5.41) is 0. The van der Waals surface area contributed by atoms with Crippen LogP contribution in [-0.2, 0) is 22.5 Å². The molecule has 160 valence electrons. The van der Waals surface area contributed by atoms with Gasteiger partial charge in [0.2, 0.25) is 0 Å². The largest absolute Gasteiger partial charge is 0.495 e. The van der Waals surface area contributed by atoms with Gasteiger partial charge in [-0.05, 0) is 35.6 Å². The highest BCUT2D eigenvalue weighted by Crippen LogP contribution is 2.35. The first-order chi connectivity index (χ1) is 14.6. The Labute approximate surface area is 184 Å². The average Bonchev–Trinajstić information content (AvgIpc) is 3.11. The van der Waals surface area contributed by atoms with Crippen molar-refractivity contribution in [2.24, 2.45) is 4.99 Å². The van der Waals surface area contributed by atoms with E-state index in [0.717, 1.165) is 27.3 Å². The molecule has 0 fully saturated rings. The van der Waals surface area contributed by atoms with Crippen molar-refractivity contribution in [1.29, 1.82) is 0 Å². The zero-order chi connectivity index (χ0) is 21.5. The summed E-state index contributed by atoms with van der Waals surface area (Å²) in [6, 6.07) is 11.8. The molecule has 3 rings (SSSR count). The number of hydrogen-bond donors (Lipinski definition) is 0. The number of ether oxygens (including phenoxy) is 3. The minimum Gasteiger partial charge on any atom is -0.495 e. The van der Waals surface area contributed by atoms with Gasteiger partial charge in [-0.15, -0.1) is 11.8 Å². The van der Waals surface area contributed by atoms with Gasteiger partial charge in [-0.25, -0.2) is 0 Å². The predicted molar refractivity (Wildman–Crippen MR) is 122 cm³/mol. The van der Waals surface area contributed by atoms with Crippen molar-refractivity contribution in [1.82, 2.24) is 4.57 Å². The molecule has 1 heterocycles. The second-order valence-corrected chi connectivity index (χ2v) is 8.75. The lowest BCUT2D eigenvalue weighted by molar-refractivity contribution is -0.117. The number of carbonyl (C=O) groups is 1. The summed E-state index contributed by atoms with van der Waals surface area (Å²) in [5.41, 5.74) is 1.80. The van der Waals surface area contributed by atoms with Crippen molar-refractivity contribution in [3.8, 4) is 11.5 Å². The molecule has 1 amide bonds. The number of methoxy groups -OCH3 is 3. The molecule has 0 saturated carbocycles. The summed E-state index contributed by atoms with van der Waals surface area (Å²) in [7, 11) is 4.90. The van der Waals surface area contributed by atoms with Crippen molar-refractivity contribution in [3.05, 3.63) is 46.8 Å². The molecule has 0 aliphatic rings. The third-order valence-electron chi connectivity index (χ3n) is 4.52. The molecular formula is C22H26N2O4S2. The fraction of sp³-hybridized carbons (Fsp3) is 0.364. The van der Waals surface area contributed by atoms with E-state index in [1.54, 1.807) is 33.1 Å². The summed E-state index contributed by atoms with van der Waals surface area (Å²) in [6.07, 6.45) is 0.254. The minimum atomic E-state index is -0.193. The van der Waals surface area contributed by atoms with Gasteiger partial charge in [0.25, 0.3) is 5.91 Å². The van der Waals surface area contributed by atoms with Crippen LogP contribution in [0, 0.1) is 0 Å². The molecule has 0 atom stereocenters. The summed E-state index contributed by atoms with van der Waals surface area (Å²) in [5.74, 6) is 2.26. The van der Waals surface area contributed by atoms with Gasteiger partial charge in [-0.1, -0.05) is 30.4 Å². The molecule has 0 N–H and O–H groups in total. The van der Waals surface area contributed by atoms with E-state index in [-0.39, 0.29) is 12.3 Å². The molecule has 0 spiro atoms. The van der Waals surface area contributed by atoms with Crippen LogP contribution in [-0.4, -0.2) is 44.2 Å². The zero-order valence-electron chi connectivity index (χ0n) is 17.6. The SMILES string of the molecule is CCSc1ccc(CC(=O)N=c2sc3c(OC)ccc(OC)c3n2CCOC)cc1. The first-order valence-electron chi connectivity index (χ1n) is 9.63. The van der Waals surface area contributed by atoms with Crippen LogP contribution in [0.2, 0.25) is 0 Å². The van der Waals surface area contributed by atoms with Crippen LogP contribution in [0.4, 0.5) is 0 Å². The number of rotatable bonds is 9. The fourth-order valence-corrected chi connectivity index (χ4v) is 4.96. The van der Waals surface area contributed by atoms with E-state index in [2.05, 4.69) is 11.9 Å². The van der Waals surface area contributed by atoms with E-state index < -0.39 is 0 Å². The number of fused-ring (bicyclic) bond motifs is 1. The number of thioether (sulfide) groups is 1. The number of benzene rings is 2. The molecule has 1 aromatic heterocycles. The highest BCUT2D eigenvalue weighted by atomic mass is 32.2. The predicted octanol–water partition coefficient (Wildman–Crippen LogP) is 4.15. The first-order valence-corrected chi connectivity index (χ1v) is 11.4. The molecule has 0 aliphatic carbocycles. The van der Waals surface area contributed by atoms with Gasteiger partial charge in [-0.2, -0.15) is 4.99 Å². The Morgan fingerprint density at radius 1 is 1.07 bits per heavy atom. The highest BCUT2D eigenvalue weighted by Gasteiger charge is 2.16. The van der Waals surface area contributed by atoms with Crippen molar-refractivity contribution >= 4 is 39.2 Å². The van der Waals surface area contributed by atoms with Crippen LogP contribution in [0.15, 0.2) is 46.3 Å². The quantitative estimate of drug-likeness (QED) is 0.462. The Morgan fingerprint density at radius 2 is 1.77 bits per heavy atom. The lowest BCUT2D eigenvalue weighted by atomic mass is 10.1. The van der Waals surface area contributed by atoms with Crippen molar-refractivity contribution in [3.63, 3.8) is 0 Å². The summed E-state index contributed by atoms with van der Waals surface area (Å²) in [6.45, 7) is 3.16. The Bertz CT molecular complexity index is 1070. The Kier molecular flexibility index (Phi) is 7.95. The first kappa shape index (κ1) is 22.4. The van der Waals surface area contributed by atoms with Crippen LogP contribution in [0.3, 0.4) is 0 Å². The maximum Gasteiger partial charge on any atom is 0.252 e. The molecule has 0 bridgehead atoms. The molecule has 3 aromatic rings. The minimum absolute atomic E-state index is 0.193. The van der Waals surface area contributed by atoms with Gasteiger partial charge >= 0.3 is 0 Å². The van der Waals surface area contributed by atoms with Gasteiger partial charge in [0, 0.05) is 18.6 Å². The van der Waals surface area contributed by atoms with Crippen molar-refractivity contribution in [2.75, 3.05) is 33.7 Å². The highest BCUT2D eigenvalue weighted by molar-refractivity contribution is 7.99. The van der Waals surface area contributed by atoms with Crippen LogP contribution < -0.4 is 14.3 Å². The Morgan fingerprint density at radius 3 is 2.40 bits per heavy atom. The van der Waals surface area contributed by atoms with E-state index in [0.29, 0.717) is 23.7 Å². The lowest BCUT2D eigenvalue weighted by Gasteiger charge is -2.09. The number of thiazole rings is 1. The van der Waals surface area contributed by atoms with Gasteiger partial charge in [0.15, 0.2) is 4.80 Å². The van der Waals surface area contributed by atoms with Gasteiger partial charge in [0.1, 0.15) is 21.7 Å². The van der Waals surface area contributed by atoms with E-state index in [1.807, 2.05) is 41.0 Å². The molecular weight excluding hydrogens is 420 g/mol. The number of carbonyl (C=O) groups excluding carboxylic acids is 1. The molecule has 2 aromatic carbocycles. The maximum atomic E-state index is 12.7. The zero-order valence-corrected chi connectivity index (χ0v) is 19.3. The van der Waals surface area contributed by atoms with Crippen LogP contribution in [0.25, 0.3) is 10.2 Å². The molecule has 0 saturated heterocycles. The molecule has 0 unspecified atom stereocenters. The number of aromatic nitrogens is 1. The van der Waals surface area contributed by atoms with Gasteiger partial charge in [0.05, 0.1) is 27.2 Å². The fourth-order valence-electron chi connectivity index (χ4n) is 3.12. The van der Waals surface area contributed by atoms with E-state index in [9.17, 15) is 4.79 Å². The van der Waals surface area contributed by atoms with Crippen LogP contribution in [0.1, 0.15) is 12.5 Å². The summed E-state index contributed by atoms with van der Waals surface area (Å²) in [4.78, 5) is 19.0. The number of amides is 1. The van der Waals surface area contributed by atoms with Gasteiger partial charge < -0.3 is 18.8 Å². The Hall–Kier alpha value is -2.29. The van der Waals surface area contributed by atoms with Crippen molar-refractivity contribution in [2.45, 2.75) is 24.8 Å². The number of nitrogens with zero attached hydrogens (tertiary/aromatic N) is 2. The smallest absolute Gasteiger partial charge is 0.252 e. The average molecular weight is 447 g/mol. The maximum absolute atomic E-state index is 12.7. The topological polar surface area (TPSA) is 62.0 Å². The molecule has 8 heteroatoms. The van der Waals surface area contributed by atoms with Gasteiger partial charge in [-0.3, -0.25) is 4.79 Å². The second-order valence-electron chi connectivity index (χ2n) is 6.44. The van der Waals surface area contributed by atoms with E-state index >= 15 is 0 Å². The molecule has 30 heavy (non-hydrogen) atoms. The van der Waals surface area contributed by atoms with Crippen LogP contribution >= 0.6 is 23.1 Å². The normalized spacial score (nSPS) is 11.8. The summed E-state index contributed by atoms with van der Waals surface area (Å²) < 4.78 is 19.2. The molecule has 0 aliphatic heterocycles. The monoisotopic (exact) mass is 446 g/mol. The second kappa shape index (κ2) is 10.7.